The number of benzene rings is 1. The molecular formula is C13H17FN4S. The van der Waals surface area contributed by atoms with Gasteiger partial charge in [0, 0.05) is 19.0 Å². The zero-order valence-electron chi connectivity index (χ0n) is 11.1. The Morgan fingerprint density at radius 3 is 2.84 bits per heavy atom. The van der Waals surface area contributed by atoms with Crippen molar-refractivity contribution < 1.29 is 4.39 Å². The van der Waals surface area contributed by atoms with Gasteiger partial charge in [-0.25, -0.2) is 9.37 Å². The molecule has 4 nitrogen and oxygen atoms in total. The first-order valence-corrected chi connectivity index (χ1v) is 6.46. The predicted molar refractivity (Wildman–Crippen MR) is 78.5 cm³/mol. The van der Waals surface area contributed by atoms with Gasteiger partial charge in [-0.15, -0.1) is 0 Å². The lowest BCUT2D eigenvalue weighted by atomic mass is 10.3. The fourth-order valence-corrected chi connectivity index (χ4v) is 2.12. The fourth-order valence-electron chi connectivity index (χ4n) is 2.03. The quantitative estimate of drug-likeness (QED) is 0.850. The second-order valence-corrected chi connectivity index (χ2v) is 5.29. The van der Waals surface area contributed by atoms with Gasteiger partial charge < -0.3 is 15.2 Å². The molecule has 2 rings (SSSR count). The summed E-state index contributed by atoms with van der Waals surface area (Å²) in [4.78, 5) is 6.98. The van der Waals surface area contributed by atoms with Crippen molar-refractivity contribution >= 4 is 28.2 Å². The third-order valence-electron chi connectivity index (χ3n) is 2.83. The molecule has 0 bridgehead atoms. The van der Waals surface area contributed by atoms with Crippen LogP contribution in [-0.4, -0.2) is 33.5 Å². The Kier molecular flexibility index (Phi) is 4.11. The molecule has 0 saturated carbocycles. The highest BCUT2D eigenvalue weighted by molar-refractivity contribution is 7.80. The zero-order valence-corrected chi connectivity index (χ0v) is 11.9. The van der Waals surface area contributed by atoms with Crippen LogP contribution in [0.15, 0.2) is 18.2 Å². The molecule has 1 aromatic carbocycles. The van der Waals surface area contributed by atoms with Crippen molar-refractivity contribution in [3.8, 4) is 0 Å². The highest BCUT2D eigenvalue weighted by Gasteiger charge is 2.12. The summed E-state index contributed by atoms with van der Waals surface area (Å²) in [5.74, 6) is 0.616. The molecule has 0 amide bonds. The molecule has 2 N–H and O–H groups in total. The second-order valence-electron chi connectivity index (χ2n) is 4.77. The molecular weight excluding hydrogens is 263 g/mol. The van der Waals surface area contributed by atoms with Crippen LogP contribution in [0.4, 0.5) is 4.39 Å². The van der Waals surface area contributed by atoms with E-state index in [1.807, 2.05) is 23.6 Å². The van der Waals surface area contributed by atoms with Crippen molar-refractivity contribution in [1.82, 2.24) is 14.5 Å². The predicted octanol–water partition coefficient (Wildman–Crippen LogP) is 1.91. The number of hydrogen-bond donors (Lipinski definition) is 1. The number of hydrogen-bond acceptors (Lipinski definition) is 3. The maximum atomic E-state index is 13.3. The summed E-state index contributed by atoms with van der Waals surface area (Å²) >= 11 is 4.92. The average molecular weight is 280 g/mol. The van der Waals surface area contributed by atoms with Gasteiger partial charge in [-0.3, -0.25) is 0 Å². The van der Waals surface area contributed by atoms with E-state index in [9.17, 15) is 4.39 Å². The van der Waals surface area contributed by atoms with Crippen molar-refractivity contribution in [1.29, 1.82) is 0 Å². The summed E-state index contributed by atoms with van der Waals surface area (Å²) in [5.41, 5.74) is 7.13. The smallest absolute Gasteiger partial charge is 0.125 e. The summed E-state index contributed by atoms with van der Waals surface area (Å²) in [6.45, 7) is 1.36. The van der Waals surface area contributed by atoms with Gasteiger partial charge in [0.25, 0.3) is 0 Å². The first kappa shape index (κ1) is 13.9. The summed E-state index contributed by atoms with van der Waals surface area (Å²) in [6.07, 6.45) is 0.610. The lowest BCUT2D eigenvalue weighted by molar-refractivity contribution is 0.382. The first-order chi connectivity index (χ1) is 8.97. The lowest BCUT2D eigenvalue weighted by Gasteiger charge is -2.12. The van der Waals surface area contributed by atoms with Crippen molar-refractivity contribution in [2.24, 2.45) is 5.73 Å². The minimum atomic E-state index is -0.275. The van der Waals surface area contributed by atoms with Crippen LogP contribution in [0.2, 0.25) is 0 Å². The van der Waals surface area contributed by atoms with Crippen molar-refractivity contribution in [2.75, 3.05) is 14.1 Å². The number of thiocarbonyl (C=S) groups is 1. The fraction of sp³-hybridized carbons (Fsp3) is 0.385. The molecule has 0 aliphatic carbocycles. The molecule has 0 radical (unpaired) electrons. The third-order valence-corrected chi connectivity index (χ3v) is 3.03. The number of fused-ring (bicyclic) bond motifs is 1. The molecule has 1 aromatic heterocycles. The van der Waals surface area contributed by atoms with Gasteiger partial charge in [0.2, 0.25) is 0 Å². The van der Waals surface area contributed by atoms with E-state index in [0.717, 1.165) is 11.3 Å². The summed E-state index contributed by atoms with van der Waals surface area (Å²) in [5, 5.41) is 0. The van der Waals surface area contributed by atoms with E-state index < -0.39 is 0 Å². The zero-order chi connectivity index (χ0) is 14.0. The number of nitrogens with zero attached hydrogens (tertiary/aromatic N) is 3. The molecule has 19 heavy (non-hydrogen) atoms. The first-order valence-electron chi connectivity index (χ1n) is 6.05. The van der Waals surface area contributed by atoms with Crippen LogP contribution in [0.1, 0.15) is 12.2 Å². The molecule has 0 fully saturated rings. The second kappa shape index (κ2) is 5.63. The van der Waals surface area contributed by atoms with Crippen molar-refractivity contribution in [2.45, 2.75) is 19.5 Å². The van der Waals surface area contributed by atoms with Gasteiger partial charge >= 0.3 is 0 Å². The van der Waals surface area contributed by atoms with E-state index in [2.05, 4.69) is 4.98 Å². The van der Waals surface area contributed by atoms with Crippen molar-refractivity contribution in [3.05, 3.63) is 29.8 Å². The van der Waals surface area contributed by atoms with E-state index in [1.165, 1.54) is 12.1 Å². The number of imidazole rings is 1. The lowest BCUT2D eigenvalue weighted by Crippen LogP contribution is -2.18. The number of rotatable bonds is 5. The molecule has 102 valence electrons. The minimum absolute atomic E-state index is 0.275. The minimum Gasteiger partial charge on any atom is -0.393 e. The van der Waals surface area contributed by atoms with Crippen LogP contribution in [-0.2, 0) is 13.1 Å². The van der Waals surface area contributed by atoms with Crippen LogP contribution in [0.5, 0.6) is 0 Å². The van der Waals surface area contributed by atoms with E-state index in [0.29, 0.717) is 30.0 Å². The molecule has 2 aromatic rings. The highest BCUT2D eigenvalue weighted by Crippen LogP contribution is 2.19. The average Bonchev–Trinajstić information content (AvgIpc) is 2.61. The van der Waals surface area contributed by atoms with Crippen molar-refractivity contribution in [3.63, 3.8) is 0 Å². The number of aromatic nitrogens is 2. The third kappa shape index (κ3) is 3.27. The summed E-state index contributed by atoms with van der Waals surface area (Å²) in [7, 11) is 3.94. The molecule has 0 atom stereocenters. The maximum absolute atomic E-state index is 13.3. The topological polar surface area (TPSA) is 47.1 Å². The van der Waals surface area contributed by atoms with Gasteiger partial charge in [0.1, 0.15) is 11.6 Å². The van der Waals surface area contributed by atoms with Gasteiger partial charge in [-0.05, 0) is 26.2 Å². The SMILES string of the molecule is CN(C)Cc1nc2cc(F)ccc2n1CCC(N)=S. The highest BCUT2D eigenvalue weighted by atomic mass is 32.1. The van der Waals surface area contributed by atoms with Gasteiger partial charge in [-0.2, -0.15) is 0 Å². The van der Waals surface area contributed by atoms with Gasteiger partial charge in [0.15, 0.2) is 0 Å². The largest absolute Gasteiger partial charge is 0.393 e. The Morgan fingerprint density at radius 2 is 2.21 bits per heavy atom. The normalized spacial score (nSPS) is 11.4. The van der Waals surface area contributed by atoms with E-state index in [4.69, 9.17) is 18.0 Å². The Bertz CT molecular complexity index is 606. The van der Waals surface area contributed by atoms with Gasteiger partial charge in [0.05, 0.1) is 22.6 Å². The number of nitrogens with two attached hydrogens (primary N) is 1. The van der Waals surface area contributed by atoms with E-state index in [-0.39, 0.29) is 5.82 Å². The molecule has 0 saturated heterocycles. The number of halogens is 1. The maximum Gasteiger partial charge on any atom is 0.125 e. The number of aryl methyl sites for hydroxylation is 1. The summed E-state index contributed by atoms with van der Waals surface area (Å²) < 4.78 is 15.3. The van der Waals surface area contributed by atoms with Crippen LogP contribution in [0.3, 0.4) is 0 Å². The van der Waals surface area contributed by atoms with Crippen LogP contribution >= 0.6 is 12.2 Å². The Labute approximate surface area is 117 Å². The van der Waals surface area contributed by atoms with E-state index in [1.54, 1.807) is 6.07 Å². The molecule has 0 aliphatic heterocycles. The summed E-state index contributed by atoms with van der Waals surface area (Å²) in [6, 6.07) is 4.64. The monoisotopic (exact) mass is 280 g/mol. The van der Waals surface area contributed by atoms with Crippen LogP contribution in [0, 0.1) is 5.82 Å². The van der Waals surface area contributed by atoms with Gasteiger partial charge in [-0.1, -0.05) is 12.2 Å². The molecule has 0 unspecified atom stereocenters. The molecule has 6 heteroatoms. The Balaban J connectivity index is 2.45. The Hall–Kier alpha value is -1.53. The molecule has 0 spiro atoms. The molecule has 1 heterocycles. The molecule has 0 aliphatic rings. The standard InChI is InChI=1S/C13H17FN4S/c1-17(2)8-13-16-10-7-9(14)3-4-11(10)18(13)6-5-12(15)19/h3-4,7H,5-6,8H2,1-2H3,(H2,15,19). The Morgan fingerprint density at radius 1 is 1.47 bits per heavy atom. The van der Waals surface area contributed by atoms with Crippen LogP contribution in [0.25, 0.3) is 11.0 Å². The van der Waals surface area contributed by atoms with Crippen LogP contribution < -0.4 is 5.73 Å². The van der Waals surface area contributed by atoms with E-state index >= 15 is 0 Å².